The number of unbranched alkanes of at least 4 members (excludes halogenated alkanes) is 1. The van der Waals surface area contributed by atoms with Gasteiger partial charge in [-0.3, -0.25) is 9.59 Å². The highest BCUT2D eigenvalue weighted by Gasteiger charge is 2.17. The minimum atomic E-state index is -3.46. The number of nitrogens with zero attached hydrogens (tertiary/aromatic N) is 2. The topological polar surface area (TPSA) is 120 Å². The zero-order valence-electron chi connectivity index (χ0n) is 17.7. The van der Waals surface area contributed by atoms with Crippen LogP contribution in [0.25, 0.3) is 5.65 Å². The van der Waals surface area contributed by atoms with Crippen molar-refractivity contribution in [2.24, 2.45) is 0 Å². The number of hydrogen-bond acceptors (Lipinski definition) is 7. The zero-order valence-corrected chi connectivity index (χ0v) is 18.5. The Balaban J connectivity index is 1.88. The largest absolute Gasteiger partial charge is 0.485 e. The predicted molar refractivity (Wildman–Crippen MR) is 115 cm³/mol. The van der Waals surface area contributed by atoms with E-state index in [1.807, 2.05) is 6.92 Å². The van der Waals surface area contributed by atoms with Crippen molar-refractivity contribution in [2.45, 2.75) is 51.5 Å². The van der Waals surface area contributed by atoms with Crippen LogP contribution in [0.4, 0.5) is 5.69 Å². The van der Waals surface area contributed by atoms with Crippen molar-refractivity contribution in [1.82, 2.24) is 9.56 Å². The van der Waals surface area contributed by atoms with Crippen LogP contribution < -0.4 is 15.6 Å². The summed E-state index contributed by atoms with van der Waals surface area (Å²) >= 11 is 0. The summed E-state index contributed by atoms with van der Waals surface area (Å²) in [6.07, 6.45) is 1.89. The number of aromatic nitrogens is 2. The lowest BCUT2D eigenvalue weighted by Crippen LogP contribution is -2.15. The SMILES string of the molecule is CCCCC(=O)Nc1cc(S(=O)(=O)CC)ccc1OCc1cc(=O)n2oc(C)cc2n1. The predicted octanol–water partition coefficient (Wildman–Crippen LogP) is 3.10. The van der Waals surface area contributed by atoms with Gasteiger partial charge >= 0.3 is 0 Å². The van der Waals surface area contributed by atoms with E-state index in [1.165, 1.54) is 24.3 Å². The Bertz CT molecular complexity index is 1260. The number of amides is 1. The van der Waals surface area contributed by atoms with E-state index in [9.17, 15) is 18.0 Å². The van der Waals surface area contributed by atoms with Crippen molar-refractivity contribution >= 4 is 27.1 Å². The molecule has 0 aliphatic heterocycles. The summed E-state index contributed by atoms with van der Waals surface area (Å²) in [4.78, 5) is 28.8. The summed E-state index contributed by atoms with van der Waals surface area (Å²) in [5.74, 6) is 0.538. The molecule has 2 heterocycles. The molecule has 0 aliphatic rings. The lowest BCUT2D eigenvalue weighted by atomic mass is 10.2. The molecule has 0 aliphatic carbocycles. The monoisotopic (exact) mass is 447 g/mol. The quantitative estimate of drug-likeness (QED) is 0.535. The molecular formula is C21H25N3O6S. The van der Waals surface area contributed by atoms with Crippen LogP contribution in [-0.2, 0) is 21.2 Å². The van der Waals surface area contributed by atoms with Crippen LogP contribution in [0, 0.1) is 6.92 Å². The van der Waals surface area contributed by atoms with Crippen LogP contribution in [0.3, 0.4) is 0 Å². The van der Waals surface area contributed by atoms with Crippen LogP contribution in [-0.4, -0.2) is 29.6 Å². The molecule has 0 atom stereocenters. The van der Waals surface area contributed by atoms with E-state index in [-0.39, 0.29) is 40.2 Å². The summed E-state index contributed by atoms with van der Waals surface area (Å²) in [6.45, 7) is 5.19. The second kappa shape index (κ2) is 9.34. The number of benzene rings is 1. The summed E-state index contributed by atoms with van der Waals surface area (Å²) in [5, 5.41) is 2.73. The van der Waals surface area contributed by atoms with E-state index in [4.69, 9.17) is 9.26 Å². The van der Waals surface area contributed by atoms with Gasteiger partial charge in [-0.05, 0) is 31.5 Å². The molecule has 3 rings (SSSR count). The standard InChI is InChI=1S/C21H25N3O6S/c1-4-6-7-20(25)23-17-12-16(31(27,28)5-2)8-9-18(17)29-13-15-11-21(26)24-19(22-15)10-14(3)30-24/h8-12H,4-7,13H2,1-3H3,(H,23,25). The summed E-state index contributed by atoms with van der Waals surface area (Å²) < 4.78 is 36.7. The number of carbonyl (C=O) groups excluding carboxylic acids is 1. The van der Waals surface area contributed by atoms with E-state index in [2.05, 4.69) is 10.3 Å². The van der Waals surface area contributed by atoms with Gasteiger partial charge in [0, 0.05) is 18.6 Å². The molecule has 1 amide bonds. The molecule has 10 heteroatoms. The Morgan fingerprint density at radius 1 is 1.23 bits per heavy atom. The first-order valence-corrected chi connectivity index (χ1v) is 11.7. The fourth-order valence-corrected chi connectivity index (χ4v) is 3.85. The number of rotatable bonds is 9. The van der Waals surface area contributed by atoms with Gasteiger partial charge in [-0.15, -0.1) is 4.57 Å². The summed E-state index contributed by atoms with van der Waals surface area (Å²) in [6, 6.07) is 7.25. The first-order chi connectivity index (χ1) is 14.7. The Morgan fingerprint density at radius 2 is 2.00 bits per heavy atom. The number of aryl methyl sites for hydroxylation is 1. The molecule has 3 aromatic rings. The smallest absolute Gasteiger partial charge is 0.287 e. The number of hydrogen-bond donors (Lipinski definition) is 1. The van der Waals surface area contributed by atoms with Crippen molar-refractivity contribution in [3.63, 3.8) is 0 Å². The van der Waals surface area contributed by atoms with Gasteiger partial charge in [0.1, 0.15) is 18.1 Å². The molecule has 0 bridgehead atoms. The first kappa shape index (κ1) is 22.5. The fourth-order valence-electron chi connectivity index (χ4n) is 2.94. The highest BCUT2D eigenvalue weighted by atomic mass is 32.2. The zero-order chi connectivity index (χ0) is 22.6. The maximum atomic E-state index is 12.3. The van der Waals surface area contributed by atoms with Gasteiger partial charge in [0.25, 0.3) is 5.56 Å². The third-order valence-corrected chi connectivity index (χ3v) is 6.35. The average molecular weight is 448 g/mol. The number of carbonyl (C=O) groups is 1. The van der Waals surface area contributed by atoms with Gasteiger partial charge in [-0.25, -0.2) is 13.4 Å². The molecule has 0 saturated heterocycles. The van der Waals surface area contributed by atoms with Crippen molar-refractivity contribution in [1.29, 1.82) is 0 Å². The van der Waals surface area contributed by atoms with Gasteiger partial charge in [0.05, 0.1) is 22.0 Å². The molecular weight excluding hydrogens is 422 g/mol. The third kappa shape index (κ3) is 5.32. The molecule has 0 spiro atoms. The van der Waals surface area contributed by atoms with Crippen molar-refractivity contribution in [3.05, 3.63) is 52.1 Å². The number of anilines is 1. The van der Waals surface area contributed by atoms with E-state index in [0.717, 1.165) is 11.0 Å². The highest BCUT2D eigenvalue weighted by molar-refractivity contribution is 7.91. The first-order valence-electron chi connectivity index (χ1n) is 10.0. The minimum absolute atomic E-state index is 0.0479. The second-order valence-electron chi connectivity index (χ2n) is 7.09. The van der Waals surface area contributed by atoms with Gasteiger partial charge in [0.2, 0.25) is 5.91 Å². The van der Waals surface area contributed by atoms with Crippen molar-refractivity contribution < 1.29 is 22.5 Å². The van der Waals surface area contributed by atoms with E-state index in [1.54, 1.807) is 19.9 Å². The van der Waals surface area contributed by atoms with E-state index >= 15 is 0 Å². The third-order valence-electron chi connectivity index (χ3n) is 4.62. The number of nitrogens with one attached hydrogen (secondary N) is 1. The normalized spacial score (nSPS) is 11.6. The Hall–Kier alpha value is -3.14. The number of ether oxygens (including phenoxy) is 1. The fraction of sp³-hybridized carbons (Fsp3) is 0.381. The molecule has 0 unspecified atom stereocenters. The average Bonchev–Trinajstić information content (AvgIpc) is 3.12. The molecule has 31 heavy (non-hydrogen) atoms. The molecule has 0 radical (unpaired) electrons. The Kier molecular flexibility index (Phi) is 6.79. The maximum Gasteiger partial charge on any atom is 0.287 e. The van der Waals surface area contributed by atoms with Crippen LogP contribution in [0.2, 0.25) is 0 Å². The molecule has 0 saturated carbocycles. The second-order valence-corrected chi connectivity index (χ2v) is 9.36. The molecule has 1 N–H and O–H groups in total. The highest BCUT2D eigenvalue weighted by Crippen LogP contribution is 2.29. The summed E-state index contributed by atoms with van der Waals surface area (Å²) in [7, 11) is -3.46. The van der Waals surface area contributed by atoms with E-state index in [0.29, 0.717) is 29.9 Å². The molecule has 9 nitrogen and oxygen atoms in total. The molecule has 2 aromatic heterocycles. The van der Waals surface area contributed by atoms with Gasteiger partial charge < -0.3 is 14.6 Å². The van der Waals surface area contributed by atoms with Crippen molar-refractivity contribution in [3.8, 4) is 5.75 Å². The van der Waals surface area contributed by atoms with Crippen LogP contribution in [0.1, 0.15) is 44.6 Å². The van der Waals surface area contributed by atoms with Crippen LogP contribution in [0.5, 0.6) is 5.75 Å². The summed E-state index contributed by atoms with van der Waals surface area (Å²) in [5.41, 5.74) is 0.613. The van der Waals surface area contributed by atoms with Crippen LogP contribution >= 0.6 is 0 Å². The van der Waals surface area contributed by atoms with Gasteiger partial charge in [0.15, 0.2) is 15.5 Å². The molecule has 0 fully saturated rings. The van der Waals surface area contributed by atoms with Crippen molar-refractivity contribution in [2.75, 3.05) is 11.1 Å². The number of fused-ring (bicyclic) bond motifs is 1. The van der Waals surface area contributed by atoms with Crippen LogP contribution in [0.15, 0.2) is 44.5 Å². The Labute approximate surface area is 179 Å². The molecule has 1 aromatic carbocycles. The maximum absolute atomic E-state index is 12.3. The lowest BCUT2D eigenvalue weighted by molar-refractivity contribution is -0.116. The number of sulfone groups is 1. The Morgan fingerprint density at radius 3 is 2.71 bits per heavy atom. The minimum Gasteiger partial charge on any atom is -0.485 e. The lowest BCUT2D eigenvalue weighted by Gasteiger charge is -2.14. The van der Waals surface area contributed by atoms with E-state index < -0.39 is 9.84 Å². The van der Waals surface area contributed by atoms with Gasteiger partial charge in [-0.1, -0.05) is 20.3 Å². The van der Waals surface area contributed by atoms with Gasteiger partial charge in [-0.2, -0.15) is 0 Å². The molecule has 166 valence electrons.